The second-order valence-electron chi connectivity index (χ2n) is 4.00. The molecule has 1 atom stereocenters. The van der Waals surface area contributed by atoms with E-state index in [1.54, 1.807) is 6.20 Å². The molecule has 2 rings (SSSR count). The first-order valence-electron chi connectivity index (χ1n) is 5.63. The molecule has 0 fully saturated rings. The number of H-pyrrole nitrogens is 1. The fraction of sp³-hybridized carbons (Fsp3) is 0.231. The lowest BCUT2D eigenvalue weighted by Gasteiger charge is -2.09. The molecular weight excluding hydrogens is 230 g/mol. The minimum Gasteiger partial charge on any atom is -0.468 e. The molecule has 0 aliphatic rings. The van der Waals surface area contributed by atoms with E-state index in [2.05, 4.69) is 14.9 Å². The first-order chi connectivity index (χ1) is 8.70. The molecule has 0 aliphatic heterocycles. The molecular formula is C13H15N3O2. The van der Waals surface area contributed by atoms with E-state index in [1.807, 2.05) is 30.3 Å². The van der Waals surface area contributed by atoms with Gasteiger partial charge in [0, 0.05) is 6.20 Å². The van der Waals surface area contributed by atoms with Gasteiger partial charge in [-0.1, -0.05) is 24.3 Å². The maximum absolute atomic E-state index is 11.2. The third-order valence-electron chi connectivity index (χ3n) is 2.73. The summed E-state index contributed by atoms with van der Waals surface area (Å²) in [5.41, 5.74) is 8.70. The van der Waals surface area contributed by atoms with E-state index in [-0.39, 0.29) is 0 Å². The fourth-order valence-electron chi connectivity index (χ4n) is 1.73. The second-order valence-corrected chi connectivity index (χ2v) is 4.00. The van der Waals surface area contributed by atoms with Gasteiger partial charge in [-0.3, -0.25) is 9.89 Å². The Bertz CT molecular complexity index is 506. The number of hydrogen-bond acceptors (Lipinski definition) is 4. The van der Waals surface area contributed by atoms with Gasteiger partial charge < -0.3 is 10.5 Å². The van der Waals surface area contributed by atoms with Gasteiger partial charge in [-0.15, -0.1) is 0 Å². The zero-order valence-electron chi connectivity index (χ0n) is 10.1. The van der Waals surface area contributed by atoms with E-state index in [1.165, 1.54) is 7.11 Å². The van der Waals surface area contributed by atoms with Gasteiger partial charge in [0.05, 0.1) is 12.8 Å². The zero-order valence-corrected chi connectivity index (χ0v) is 10.1. The first kappa shape index (κ1) is 12.3. The number of esters is 1. The third kappa shape index (κ3) is 2.75. The zero-order chi connectivity index (χ0) is 13.0. The van der Waals surface area contributed by atoms with E-state index in [9.17, 15) is 4.79 Å². The molecule has 0 spiro atoms. The van der Waals surface area contributed by atoms with Crippen LogP contribution < -0.4 is 5.73 Å². The molecule has 1 aromatic carbocycles. The molecule has 5 heteroatoms. The Balaban J connectivity index is 2.06. The van der Waals surface area contributed by atoms with Crippen molar-refractivity contribution in [2.24, 2.45) is 5.73 Å². The number of nitrogens with zero attached hydrogens (tertiary/aromatic N) is 1. The number of nitrogens with one attached hydrogen (secondary N) is 1. The molecule has 0 saturated carbocycles. The molecule has 0 aliphatic carbocycles. The highest BCUT2D eigenvalue weighted by Gasteiger charge is 2.14. The molecule has 0 amide bonds. The summed E-state index contributed by atoms with van der Waals surface area (Å²) in [6.45, 7) is 0. The predicted octanol–water partition coefficient (Wildman–Crippen LogP) is 1.12. The molecule has 18 heavy (non-hydrogen) atoms. The van der Waals surface area contributed by atoms with Crippen LogP contribution in [0.2, 0.25) is 0 Å². The SMILES string of the molecule is COC(=O)[C@@H](N)Cc1ccc(-c2ccn[nH]2)cc1. The lowest BCUT2D eigenvalue weighted by Crippen LogP contribution is -2.33. The van der Waals surface area contributed by atoms with Gasteiger partial charge in [-0.25, -0.2) is 0 Å². The Kier molecular flexibility index (Phi) is 3.74. The minimum absolute atomic E-state index is 0.396. The summed E-state index contributed by atoms with van der Waals surface area (Å²) in [5.74, 6) is -0.396. The summed E-state index contributed by atoms with van der Waals surface area (Å²) in [4.78, 5) is 11.2. The van der Waals surface area contributed by atoms with Crippen molar-refractivity contribution in [3.8, 4) is 11.3 Å². The van der Waals surface area contributed by atoms with E-state index in [0.717, 1.165) is 16.8 Å². The van der Waals surface area contributed by atoms with Gasteiger partial charge >= 0.3 is 5.97 Å². The van der Waals surface area contributed by atoms with Crippen LogP contribution in [0.5, 0.6) is 0 Å². The Labute approximate surface area is 105 Å². The van der Waals surface area contributed by atoms with Gasteiger partial charge in [0.1, 0.15) is 6.04 Å². The highest BCUT2D eigenvalue weighted by Crippen LogP contribution is 2.17. The Morgan fingerprint density at radius 3 is 2.67 bits per heavy atom. The predicted molar refractivity (Wildman–Crippen MR) is 67.7 cm³/mol. The highest BCUT2D eigenvalue weighted by molar-refractivity contribution is 5.75. The maximum atomic E-state index is 11.2. The molecule has 0 radical (unpaired) electrons. The van der Waals surface area contributed by atoms with Gasteiger partial charge in [0.2, 0.25) is 0 Å². The van der Waals surface area contributed by atoms with Crippen LogP contribution in [0.15, 0.2) is 36.5 Å². The van der Waals surface area contributed by atoms with Crippen LogP contribution in [0, 0.1) is 0 Å². The van der Waals surface area contributed by atoms with E-state index >= 15 is 0 Å². The summed E-state index contributed by atoms with van der Waals surface area (Å²) in [5, 5.41) is 6.79. The van der Waals surface area contributed by atoms with Gasteiger partial charge in [-0.05, 0) is 23.6 Å². The third-order valence-corrected chi connectivity index (χ3v) is 2.73. The molecule has 94 valence electrons. The summed E-state index contributed by atoms with van der Waals surface area (Å²) < 4.78 is 4.59. The summed E-state index contributed by atoms with van der Waals surface area (Å²) in [6, 6.07) is 9.10. The topological polar surface area (TPSA) is 81.0 Å². The molecule has 0 unspecified atom stereocenters. The van der Waals surface area contributed by atoms with Crippen LogP contribution in [0.1, 0.15) is 5.56 Å². The number of hydrogen-bond donors (Lipinski definition) is 2. The van der Waals surface area contributed by atoms with Crippen molar-refractivity contribution in [3.05, 3.63) is 42.1 Å². The lowest BCUT2D eigenvalue weighted by molar-refractivity contribution is -0.142. The maximum Gasteiger partial charge on any atom is 0.322 e. The van der Waals surface area contributed by atoms with E-state index in [0.29, 0.717) is 6.42 Å². The molecule has 5 nitrogen and oxygen atoms in total. The van der Waals surface area contributed by atoms with Crippen LogP contribution in [0.25, 0.3) is 11.3 Å². The van der Waals surface area contributed by atoms with Crippen LogP contribution in [0.4, 0.5) is 0 Å². The van der Waals surface area contributed by atoms with Crippen molar-refractivity contribution >= 4 is 5.97 Å². The highest BCUT2D eigenvalue weighted by atomic mass is 16.5. The molecule has 0 saturated heterocycles. The molecule has 2 aromatic rings. The Hall–Kier alpha value is -2.14. The smallest absolute Gasteiger partial charge is 0.322 e. The number of nitrogens with two attached hydrogens (primary N) is 1. The second kappa shape index (κ2) is 5.46. The number of ether oxygens (including phenoxy) is 1. The number of benzene rings is 1. The van der Waals surface area contributed by atoms with Crippen molar-refractivity contribution in [2.75, 3.05) is 7.11 Å². The molecule has 0 bridgehead atoms. The number of aromatic nitrogens is 2. The lowest BCUT2D eigenvalue weighted by atomic mass is 10.0. The summed E-state index contributed by atoms with van der Waals surface area (Å²) in [6.07, 6.45) is 2.17. The van der Waals surface area contributed by atoms with E-state index in [4.69, 9.17) is 5.73 Å². The van der Waals surface area contributed by atoms with Crippen molar-refractivity contribution in [1.29, 1.82) is 0 Å². The van der Waals surface area contributed by atoms with Crippen LogP contribution >= 0.6 is 0 Å². The molecule has 3 N–H and O–H groups in total. The van der Waals surface area contributed by atoms with Crippen molar-refractivity contribution < 1.29 is 9.53 Å². The van der Waals surface area contributed by atoms with Crippen molar-refractivity contribution in [2.45, 2.75) is 12.5 Å². The van der Waals surface area contributed by atoms with Crippen LogP contribution in [0.3, 0.4) is 0 Å². The van der Waals surface area contributed by atoms with Crippen molar-refractivity contribution in [1.82, 2.24) is 10.2 Å². The standard InChI is InChI=1S/C13H15N3O2/c1-18-13(17)11(14)8-9-2-4-10(5-3-9)12-6-7-15-16-12/h2-7,11H,8,14H2,1H3,(H,15,16)/t11-/m0/s1. The summed E-state index contributed by atoms with van der Waals surface area (Å²) >= 11 is 0. The normalized spacial score (nSPS) is 12.1. The largest absolute Gasteiger partial charge is 0.468 e. The number of carbonyl (C=O) groups excluding carboxylic acids is 1. The number of carbonyl (C=O) groups is 1. The molecule has 1 heterocycles. The van der Waals surface area contributed by atoms with Crippen LogP contribution in [-0.4, -0.2) is 29.3 Å². The first-order valence-corrected chi connectivity index (χ1v) is 5.63. The molecule has 1 aromatic heterocycles. The Morgan fingerprint density at radius 1 is 1.39 bits per heavy atom. The monoisotopic (exact) mass is 245 g/mol. The average molecular weight is 245 g/mol. The summed E-state index contributed by atoms with van der Waals surface area (Å²) in [7, 11) is 1.34. The number of rotatable bonds is 4. The van der Waals surface area contributed by atoms with Gasteiger partial charge in [0.15, 0.2) is 0 Å². The number of aromatic amines is 1. The van der Waals surface area contributed by atoms with Gasteiger partial charge in [-0.2, -0.15) is 5.10 Å². The fourth-order valence-corrected chi connectivity index (χ4v) is 1.73. The number of methoxy groups -OCH3 is 1. The quantitative estimate of drug-likeness (QED) is 0.791. The van der Waals surface area contributed by atoms with Gasteiger partial charge in [0.25, 0.3) is 0 Å². The minimum atomic E-state index is -0.618. The van der Waals surface area contributed by atoms with Crippen molar-refractivity contribution in [3.63, 3.8) is 0 Å². The average Bonchev–Trinajstić information content (AvgIpc) is 2.92. The van der Waals surface area contributed by atoms with E-state index < -0.39 is 12.0 Å². The van der Waals surface area contributed by atoms with Crippen LogP contribution in [-0.2, 0) is 16.0 Å². The Morgan fingerprint density at radius 2 is 2.11 bits per heavy atom.